The summed E-state index contributed by atoms with van der Waals surface area (Å²) in [6.07, 6.45) is -1.34. The second kappa shape index (κ2) is 4.91. The molecule has 1 heterocycles. The lowest BCUT2D eigenvalue weighted by atomic mass is 10.1. The van der Waals surface area contributed by atoms with E-state index in [1.54, 1.807) is 19.0 Å². The second-order valence-electron chi connectivity index (χ2n) is 4.80. The van der Waals surface area contributed by atoms with Crippen molar-refractivity contribution in [2.24, 2.45) is 0 Å². The van der Waals surface area contributed by atoms with E-state index >= 15 is 0 Å². The number of carbonyl (C=O) groups is 2. The van der Waals surface area contributed by atoms with Gasteiger partial charge in [-0.15, -0.1) is 0 Å². The highest BCUT2D eigenvalue weighted by Crippen LogP contribution is 2.38. The first-order chi connectivity index (χ1) is 8.95. The van der Waals surface area contributed by atoms with Gasteiger partial charge in [0.05, 0.1) is 5.69 Å². The van der Waals surface area contributed by atoms with Gasteiger partial charge in [0.25, 0.3) is 5.91 Å². The molecule has 1 atom stereocenters. The summed E-state index contributed by atoms with van der Waals surface area (Å²) in [7, 11) is 3.19. The van der Waals surface area contributed by atoms with Crippen LogP contribution in [0.2, 0.25) is 0 Å². The third-order valence-corrected chi connectivity index (χ3v) is 3.15. The lowest BCUT2D eigenvalue weighted by Gasteiger charge is -2.17. The number of amides is 2. The number of fused-ring (bicyclic) bond motifs is 1. The highest BCUT2D eigenvalue weighted by atomic mass is 16.6. The van der Waals surface area contributed by atoms with E-state index < -0.39 is 12.2 Å². The number of rotatable bonds is 2. The van der Waals surface area contributed by atoms with E-state index in [1.807, 2.05) is 32.0 Å². The van der Waals surface area contributed by atoms with E-state index in [1.165, 1.54) is 4.90 Å². The van der Waals surface area contributed by atoms with E-state index in [9.17, 15) is 9.59 Å². The number of carbonyl (C=O) groups excluding carboxylic acids is 2. The van der Waals surface area contributed by atoms with Crippen LogP contribution in [0, 0.1) is 6.92 Å². The highest BCUT2D eigenvalue weighted by molar-refractivity contribution is 6.04. The zero-order valence-electron chi connectivity index (χ0n) is 11.6. The Bertz CT molecular complexity index is 525. The van der Waals surface area contributed by atoms with Gasteiger partial charge in [0.1, 0.15) is 0 Å². The van der Waals surface area contributed by atoms with Crippen LogP contribution in [-0.2, 0) is 9.53 Å². The normalized spacial score (nSPS) is 17.4. The minimum atomic E-state index is -0.829. The number of anilines is 1. The van der Waals surface area contributed by atoms with Crippen LogP contribution in [0.3, 0.4) is 0 Å². The number of benzene rings is 1. The van der Waals surface area contributed by atoms with E-state index in [2.05, 4.69) is 0 Å². The molecule has 0 aromatic heterocycles. The molecular formula is C14H18N2O3. The summed E-state index contributed by atoms with van der Waals surface area (Å²) in [5, 5.41) is 0. The first-order valence-electron chi connectivity index (χ1n) is 6.25. The topological polar surface area (TPSA) is 49.9 Å². The van der Waals surface area contributed by atoms with E-state index in [4.69, 9.17) is 4.74 Å². The molecule has 0 bridgehead atoms. The molecule has 1 aliphatic rings. The molecule has 0 saturated heterocycles. The SMILES string of the molecule is CCN1C(=O)C(OC(=O)N(C)C)c2cc(C)ccc21. The summed E-state index contributed by atoms with van der Waals surface area (Å²) in [5.41, 5.74) is 2.63. The molecule has 1 aromatic rings. The maximum absolute atomic E-state index is 12.3. The highest BCUT2D eigenvalue weighted by Gasteiger charge is 2.39. The zero-order valence-corrected chi connectivity index (χ0v) is 11.6. The van der Waals surface area contributed by atoms with Gasteiger partial charge < -0.3 is 14.5 Å². The van der Waals surface area contributed by atoms with Gasteiger partial charge in [-0.3, -0.25) is 4.79 Å². The van der Waals surface area contributed by atoms with Crippen LogP contribution in [0.15, 0.2) is 18.2 Å². The lowest BCUT2D eigenvalue weighted by molar-refractivity contribution is -0.126. The maximum Gasteiger partial charge on any atom is 0.410 e. The molecule has 0 fully saturated rings. The van der Waals surface area contributed by atoms with E-state index in [0.717, 1.165) is 16.8 Å². The molecule has 0 saturated carbocycles. The monoisotopic (exact) mass is 262 g/mol. The Morgan fingerprint density at radius 2 is 2.11 bits per heavy atom. The number of ether oxygens (including phenoxy) is 1. The Labute approximate surface area is 112 Å². The van der Waals surface area contributed by atoms with Crippen LogP contribution in [0.4, 0.5) is 10.5 Å². The maximum atomic E-state index is 12.3. The van der Waals surface area contributed by atoms with Crippen LogP contribution in [0.5, 0.6) is 0 Å². The molecule has 0 radical (unpaired) electrons. The Kier molecular flexibility index (Phi) is 3.46. The minimum Gasteiger partial charge on any atom is -0.431 e. The van der Waals surface area contributed by atoms with Gasteiger partial charge in [-0.2, -0.15) is 0 Å². The van der Waals surface area contributed by atoms with Crippen molar-refractivity contribution >= 4 is 17.7 Å². The molecule has 2 amide bonds. The quantitative estimate of drug-likeness (QED) is 0.820. The molecule has 0 aliphatic carbocycles. The Morgan fingerprint density at radius 3 is 2.68 bits per heavy atom. The van der Waals surface area contributed by atoms with Crippen LogP contribution in [0.25, 0.3) is 0 Å². The minimum absolute atomic E-state index is 0.182. The van der Waals surface area contributed by atoms with Crippen LogP contribution in [-0.4, -0.2) is 37.5 Å². The van der Waals surface area contributed by atoms with Gasteiger partial charge in [-0.25, -0.2) is 4.79 Å². The smallest absolute Gasteiger partial charge is 0.410 e. The van der Waals surface area contributed by atoms with Crippen molar-refractivity contribution in [3.05, 3.63) is 29.3 Å². The van der Waals surface area contributed by atoms with Gasteiger partial charge in [0, 0.05) is 26.2 Å². The van der Waals surface area contributed by atoms with Crippen molar-refractivity contribution in [1.29, 1.82) is 0 Å². The third-order valence-electron chi connectivity index (χ3n) is 3.15. The van der Waals surface area contributed by atoms with Crippen molar-refractivity contribution in [2.45, 2.75) is 20.0 Å². The number of likely N-dealkylation sites (N-methyl/N-ethyl adjacent to an activating group) is 1. The van der Waals surface area contributed by atoms with Crippen LogP contribution >= 0.6 is 0 Å². The standard InChI is InChI=1S/C14H18N2O3/c1-5-16-11-7-6-9(2)8-10(11)12(13(16)17)19-14(18)15(3)4/h6-8,12H,5H2,1-4H3. The molecule has 1 aliphatic heterocycles. The summed E-state index contributed by atoms with van der Waals surface area (Å²) in [4.78, 5) is 26.9. The molecule has 1 aromatic carbocycles. The molecule has 19 heavy (non-hydrogen) atoms. The largest absolute Gasteiger partial charge is 0.431 e. The van der Waals surface area contributed by atoms with Gasteiger partial charge in [0.2, 0.25) is 6.10 Å². The fourth-order valence-electron chi connectivity index (χ4n) is 2.17. The summed E-state index contributed by atoms with van der Waals surface area (Å²) >= 11 is 0. The summed E-state index contributed by atoms with van der Waals surface area (Å²) in [6, 6.07) is 5.75. The van der Waals surface area contributed by atoms with Crippen LogP contribution < -0.4 is 4.90 Å². The molecule has 2 rings (SSSR count). The van der Waals surface area contributed by atoms with E-state index in [0.29, 0.717) is 6.54 Å². The number of hydrogen-bond acceptors (Lipinski definition) is 3. The Hall–Kier alpha value is -2.04. The molecule has 5 heteroatoms. The Morgan fingerprint density at radius 1 is 1.42 bits per heavy atom. The number of nitrogens with zero attached hydrogens (tertiary/aromatic N) is 2. The van der Waals surface area contributed by atoms with Crippen LogP contribution in [0.1, 0.15) is 24.2 Å². The van der Waals surface area contributed by atoms with Crippen molar-refractivity contribution in [1.82, 2.24) is 4.90 Å². The van der Waals surface area contributed by atoms with Crippen molar-refractivity contribution in [2.75, 3.05) is 25.5 Å². The molecule has 0 N–H and O–H groups in total. The van der Waals surface area contributed by atoms with Crippen molar-refractivity contribution in [3.8, 4) is 0 Å². The zero-order chi connectivity index (χ0) is 14.2. The summed E-state index contributed by atoms with van der Waals surface area (Å²) < 4.78 is 5.29. The van der Waals surface area contributed by atoms with Gasteiger partial charge >= 0.3 is 6.09 Å². The molecule has 5 nitrogen and oxygen atoms in total. The average molecular weight is 262 g/mol. The van der Waals surface area contributed by atoms with Gasteiger partial charge in [0.15, 0.2) is 0 Å². The number of hydrogen-bond donors (Lipinski definition) is 0. The molecule has 102 valence electrons. The molecule has 1 unspecified atom stereocenters. The molecule has 0 spiro atoms. The third kappa shape index (κ3) is 2.28. The van der Waals surface area contributed by atoms with Gasteiger partial charge in [-0.1, -0.05) is 11.6 Å². The predicted molar refractivity (Wildman–Crippen MR) is 72.1 cm³/mol. The predicted octanol–water partition coefficient (Wildman–Crippen LogP) is 2.10. The lowest BCUT2D eigenvalue weighted by Crippen LogP contribution is -2.32. The van der Waals surface area contributed by atoms with Crippen molar-refractivity contribution in [3.63, 3.8) is 0 Å². The first kappa shape index (κ1) is 13.4. The Balaban J connectivity index is 2.38. The fourth-order valence-corrected chi connectivity index (χ4v) is 2.17. The van der Waals surface area contributed by atoms with Crippen molar-refractivity contribution < 1.29 is 14.3 Å². The summed E-state index contributed by atoms with van der Waals surface area (Å²) in [6.45, 7) is 4.41. The van der Waals surface area contributed by atoms with E-state index in [-0.39, 0.29) is 5.91 Å². The molecular weight excluding hydrogens is 244 g/mol. The number of aryl methyl sites for hydroxylation is 1. The first-order valence-corrected chi connectivity index (χ1v) is 6.25. The average Bonchev–Trinajstić information content (AvgIpc) is 2.61. The van der Waals surface area contributed by atoms with Gasteiger partial charge in [-0.05, 0) is 26.0 Å². The second-order valence-corrected chi connectivity index (χ2v) is 4.80. The fraction of sp³-hybridized carbons (Fsp3) is 0.429. The summed E-state index contributed by atoms with van der Waals surface area (Å²) in [5.74, 6) is -0.182.